The molecule has 0 aliphatic carbocycles. The molecule has 1 aromatic heterocycles. The molecule has 1 nitrogen and oxygen atoms in total. The van der Waals surface area contributed by atoms with E-state index in [4.69, 9.17) is 0 Å². The van der Waals surface area contributed by atoms with Crippen molar-refractivity contribution in [2.75, 3.05) is 0 Å². The zero-order valence-electron chi connectivity index (χ0n) is 5.43. The lowest BCUT2D eigenvalue weighted by atomic mass is 10.3. The van der Waals surface area contributed by atoms with Gasteiger partial charge in [-0.1, -0.05) is 6.07 Å². The molecule has 0 fully saturated rings. The van der Waals surface area contributed by atoms with E-state index in [1.165, 1.54) is 0 Å². The molecule has 0 saturated carbocycles. The summed E-state index contributed by atoms with van der Waals surface area (Å²) in [7, 11) is 0. The van der Waals surface area contributed by atoms with Gasteiger partial charge in [-0.2, -0.15) is 0 Å². The average molecular weight is 276 g/mol. The summed E-state index contributed by atoms with van der Waals surface area (Å²) in [5.41, 5.74) is 0.961. The molecule has 0 unspecified atom stereocenters. The first-order valence-electron chi connectivity index (χ1n) is 2.65. The predicted octanol–water partition coefficient (Wildman–Crippen LogP) is 2.57. The zero-order valence-corrected chi connectivity index (χ0v) is 10.0. The van der Waals surface area contributed by atoms with E-state index in [0.29, 0.717) is 0 Å². The lowest BCUT2D eigenvalue weighted by Gasteiger charge is -1.81. The summed E-state index contributed by atoms with van der Waals surface area (Å²) in [5.74, 6) is 0. The maximum atomic E-state index is 3.82. The molecule has 0 atom stereocenters. The van der Waals surface area contributed by atoms with Crippen LogP contribution in [0.25, 0.3) is 0 Å². The van der Waals surface area contributed by atoms with Gasteiger partial charge in [0.05, 0.1) is 0 Å². The van der Waals surface area contributed by atoms with E-state index in [2.05, 4.69) is 37.7 Å². The molecule has 0 aromatic carbocycles. The smallest absolute Gasteiger partial charge is 0.280 e. The lowest BCUT2D eigenvalue weighted by molar-refractivity contribution is 1.31. The van der Waals surface area contributed by atoms with Crippen molar-refractivity contribution >= 4 is 41.8 Å². The highest BCUT2D eigenvalue weighted by Crippen LogP contribution is 1.88. The van der Waals surface area contributed by atoms with Crippen molar-refractivity contribution < 1.29 is 0 Å². The molecule has 51 valence electrons. The van der Waals surface area contributed by atoms with Gasteiger partial charge in [-0.05, 0) is 18.6 Å². The molecule has 0 N–H and O–H groups in total. The molecule has 0 bridgehead atoms. The van der Waals surface area contributed by atoms with Crippen LogP contribution in [0, 0.1) is 6.92 Å². The summed E-state index contributed by atoms with van der Waals surface area (Å²) in [4.78, 5) is 3.82. The molecule has 1 heterocycles. The van der Waals surface area contributed by atoms with E-state index in [1.54, 1.807) is 12.4 Å². The minimum atomic E-state index is 0.0417. The van der Waals surface area contributed by atoms with E-state index in [1.807, 2.05) is 12.1 Å². The van der Waals surface area contributed by atoms with Gasteiger partial charge in [-0.25, -0.2) is 0 Å². The van der Waals surface area contributed by atoms with Gasteiger partial charge in [0.2, 0.25) is 0 Å². The zero-order chi connectivity index (χ0) is 7.82. The Balaban J connectivity index is 0.000000236. The highest BCUT2D eigenvalue weighted by atomic mass is 79.9. The van der Waals surface area contributed by atoms with Gasteiger partial charge < -0.3 is 0 Å². The maximum absolute atomic E-state index is 3.82. The quantitative estimate of drug-likeness (QED) is 0.664. The molecule has 1 aromatic rings. The van der Waals surface area contributed by atoms with Crippen LogP contribution in [-0.4, -0.2) is 21.0 Å². The van der Waals surface area contributed by atoms with Crippen LogP contribution in [0.4, 0.5) is 0 Å². The van der Waals surface area contributed by atoms with Gasteiger partial charge >= 0.3 is 16.0 Å². The fourth-order valence-electron chi connectivity index (χ4n) is 0.398. The molecule has 1 rings (SSSR count). The number of pyridine rings is 1. The van der Waals surface area contributed by atoms with Gasteiger partial charge in [-0.3, -0.25) is 30.8 Å². The average Bonchev–Trinajstić information content (AvgIpc) is 1.91. The molecule has 1 radical (unpaired) electrons. The molecular weight excluding hydrogens is 270 g/mol. The third-order valence-corrected chi connectivity index (χ3v) is 0.723. The second kappa shape index (κ2) is 7.98. The molecule has 0 aliphatic rings. The van der Waals surface area contributed by atoms with Crippen molar-refractivity contribution in [1.82, 2.24) is 4.98 Å². The number of halogens is 2. The molecule has 0 aliphatic heterocycles. The van der Waals surface area contributed by atoms with Crippen LogP contribution < -0.4 is 0 Å². The highest BCUT2D eigenvalue weighted by Gasteiger charge is 1.73. The Morgan fingerprint density at radius 1 is 1.50 bits per heavy atom. The standard InChI is InChI=1S/C6H6N.2BrH.Mg/c1-6-3-2-4-7-5-6;;;/h2-5H,1H2;2*1H;/q;;;+2/p-2. The summed E-state index contributed by atoms with van der Waals surface area (Å²) < 4.78 is 0. The third kappa shape index (κ3) is 6.99. The van der Waals surface area contributed by atoms with E-state index in [9.17, 15) is 0 Å². The second-order valence-corrected chi connectivity index (χ2v) is 9.54. The number of rotatable bonds is 0. The molecule has 0 saturated heterocycles. The monoisotopic (exact) mass is 274 g/mol. The van der Waals surface area contributed by atoms with Crippen LogP contribution in [0.2, 0.25) is 0 Å². The van der Waals surface area contributed by atoms with Gasteiger partial charge in [0.1, 0.15) is 0 Å². The molecular formula is C6H6Br2MgN. The maximum Gasteiger partial charge on any atom is 0.560 e. The Hall–Kier alpha value is 0.876. The van der Waals surface area contributed by atoms with Crippen LogP contribution >= 0.6 is 25.8 Å². The molecule has 10 heavy (non-hydrogen) atoms. The van der Waals surface area contributed by atoms with Gasteiger partial charge in [0.25, 0.3) is 0 Å². The summed E-state index contributed by atoms with van der Waals surface area (Å²) in [5, 5.41) is 0. The third-order valence-electron chi connectivity index (χ3n) is 0.723. The number of hydrogen-bond donors (Lipinski definition) is 0. The second-order valence-electron chi connectivity index (χ2n) is 1.46. The minimum Gasteiger partial charge on any atom is -0.280 e. The van der Waals surface area contributed by atoms with Gasteiger partial charge in [0.15, 0.2) is 0 Å². The van der Waals surface area contributed by atoms with Crippen LogP contribution in [0.5, 0.6) is 0 Å². The fraction of sp³-hybridized carbons (Fsp3) is 0. The fourth-order valence-corrected chi connectivity index (χ4v) is 0.398. The first-order valence-corrected chi connectivity index (χ1v) is 10.4. The molecule has 0 spiro atoms. The number of nitrogens with zero attached hydrogens (tertiary/aromatic N) is 1. The number of hydrogen-bond acceptors (Lipinski definition) is 1. The summed E-state index contributed by atoms with van der Waals surface area (Å²) in [6, 6.07) is 3.77. The first-order chi connectivity index (χ1) is 4.81. The minimum absolute atomic E-state index is 0.0417. The van der Waals surface area contributed by atoms with Crippen molar-refractivity contribution in [2.45, 2.75) is 0 Å². The van der Waals surface area contributed by atoms with Crippen LogP contribution in [0.3, 0.4) is 0 Å². The van der Waals surface area contributed by atoms with E-state index >= 15 is 0 Å². The normalized spacial score (nSPS) is 7.10. The Kier molecular flexibility index (Phi) is 8.68. The summed E-state index contributed by atoms with van der Waals surface area (Å²) in [6.45, 7) is 3.66. The summed E-state index contributed by atoms with van der Waals surface area (Å²) in [6.07, 6.45) is 3.45. The van der Waals surface area contributed by atoms with E-state index in [0.717, 1.165) is 5.56 Å². The SMILES string of the molecule is [Br][Mg][Br].[CH2]c1cccnc1. The van der Waals surface area contributed by atoms with Gasteiger partial charge in [-0.15, -0.1) is 0 Å². The topological polar surface area (TPSA) is 12.9 Å². The van der Waals surface area contributed by atoms with E-state index in [-0.39, 0.29) is 16.0 Å². The van der Waals surface area contributed by atoms with Crippen molar-refractivity contribution in [3.05, 3.63) is 37.0 Å². The summed E-state index contributed by atoms with van der Waals surface area (Å²) >= 11 is 6.44. The van der Waals surface area contributed by atoms with E-state index < -0.39 is 0 Å². The molecule has 4 heteroatoms. The Morgan fingerprint density at radius 3 is 2.30 bits per heavy atom. The van der Waals surface area contributed by atoms with Crippen molar-refractivity contribution in [3.63, 3.8) is 0 Å². The highest BCUT2D eigenvalue weighted by molar-refractivity contribution is 9.47. The number of aromatic nitrogens is 1. The van der Waals surface area contributed by atoms with Crippen LogP contribution in [0.1, 0.15) is 5.56 Å². The van der Waals surface area contributed by atoms with Crippen molar-refractivity contribution in [2.24, 2.45) is 0 Å². The van der Waals surface area contributed by atoms with Gasteiger partial charge in [0, 0.05) is 12.4 Å². The van der Waals surface area contributed by atoms with Crippen LogP contribution in [-0.2, 0) is 0 Å². The Morgan fingerprint density at radius 2 is 2.10 bits per heavy atom. The van der Waals surface area contributed by atoms with Crippen molar-refractivity contribution in [3.8, 4) is 0 Å². The lowest BCUT2D eigenvalue weighted by Crippen LogP contribution is -1.69. The van der Waals surface area contributed by atoms with Crippen molar-refractivity contribution in [1.29, 1.82) is 0 Å². The first kappa shape index (κ1) is 10.9. The predicted molar refractivity (Wildman–Crippen MR) is 52.3 cm³/mol. The molecule has 0 amide bonds. The van der Waals surface area contributed by atoms with Crippen LogP contribution in [0.15, 0.2) is 24.5 Å². The Bertz CT molecular complexity index is 157. The largest absolute Gasteiger partial charge is 0.560 e. The Labute approximate surface area is 83.1 Å².